The van der Waals surface area contributed by atoms with Gasteiger partial charge in [-0.05, 0) is 48.8 Å². The Balaban J connectivity index is 2.51. The maximum absolute atomic E-state index is 4.33. The van der Waals surface area contributed by atoms with Crippen LogP contribution in [-0.2, 0) is 6.54 Å². The fraction of sp³-hybridized carbons (Fsp3) is 0.750. The predicted octanol–water partition coefficient (Wildman–Crippen LogP) is 2.90. The summed E-state index contributed by atoms with van der Waals surface area (Å²) in [5, 5.41) is 7.87. The van der Waals surface area contributed by atoms with Gasteiger partial charge in [-0.1, -0.05) is 13.8 Å². The SMILES string of the molecule is CC(C)(CNC(C)(C)C)Cn1cc(I)cn1. The molecule has 0 spiro atoms. The minimum atomic E-state index is 0.176. The van der Waals surface area contributed by atoms with Crippen LogP contribution in [0, 0.1) is 8.99 Å². The summed E-state index contributed by atoms with van der Waals surface area (Å²) < 4.78 is 3.21. The molecule has 0 aliphatic rings. The van der Waals surface area contributed by atoms with Crippen LogP contribution < -0.4 is 5.32 Å². The number of halogens is 1. The molecule has 1 N–H and O–H groups in total. The standard InChI is InChI=1S/C12H22IN3/c1-11(2,3)14-8-12(4,5)9-16-7-10(13)6-15-16/h6-7,14H,8-9H2,1-5H3. The Hall–Kier alpha value is -0.100. The Kier molecular flexibility index (Phi) is 4.40. The maximum atomic E-state index is 4.33. The number of hydrogen-bond donors (Lipinski definition) is 1. The Labute approximate surface area is 112 Å². The van der Waals surface area contributed by atoms with Gasteiger partial charge in [0.25, 0.3) is 0 Å². The summed E-state index contributed by atoms with van der Waals surface area (Å²) in [5.74, 6) is 0. The van der Waals surface area contributed by atoms with Crippen LogP contribution in [0.4, 0.5) is 0 Å². The van der Waals surface area contributed by atoms with E-state index in [2.05, 4.69) is 73.8 Å². The number of rotatable bonds is 4. The van der Waals surface area contributed by atoms with E-state index in [1.807, 2.05) is 10.9 Å². The lowest BCUT2D eigenvalue weighted by molar-refractivity contribution is 0.246. The van der Waals surface area contributed by atoms with E-state index in [1.54, 1.807) is 0 Å². The molecule has 1 aromatic rings. The molecule has 0 atom stereocenters. The van der Waals surface area contributed by atoms with Crippen molar-refractivity contribution < 1.29 is 0 Å². The molecule has 0 amide bonds. The van der Waals surface area contributed by atoms with Gasteiger partial charge in [0.05, 0.1) is 9.77 Å². The van der Waals surface area contributed by atoms with E-state index in [9.17, 15) is 0 Å². The Morgan fingerprint density at radius 2 is 1.94 bits per heavy atom. The lowest BCUT2D eigenvalue weighted by Crippen LogP contribution is -2.43. The van der Waals surface area contributed by atoms with Crippen molar-refractivity contribution in [2.75, 3.05) is 6.54 Å². The molecule has 1 aromatic heterocycles. The van der Waals surface area contributed by atoms with Crippen LogP contribution in [0.2, 0.25) is 0 Å². The van der Waals surface area contributed by atoms with Crippen molar-refractivity contribution in [3.05, 3.63) is 16.0 Å². The number of hydrogen-bond acceptors (Lipinski definition) is 2. The molecular formula is C12H22IN3. The van der Waals surface area contributed by atoms with Crippen molar-refractivity contribution in [1.82, 2.24) is 15.1 Å². The van der Waals surface area contributed by atoms with Gasteiger partial charge in [-0.15, -0.1) is 0 Å². The summed E-state index contributed by atoms with van der Waals surface area (Å²) in [6, 6.07) is 0. The number of nitrogens with zero attached hydrogens (tertiary/aromatic N) is 2. The molecule has 92 valence electrons. The Bertz CT molecular complexity index is 336. The second-order valence-corrected chi connectivity index (χ2v) is 7.37. The fourth-order valence-electron chi connectivity index (χ4n) is 1.42. The van der Waals surface area contributed by atoms with Gasteiger partial charge < -0.3 is 5.32 Å². The molecule has 4 heteroatoms. The van der Waals surface area contributed by atoms with Gasteiger partial charge in [0, 0.05) is 24.8 Å². The Morgan fingerprint density at radius 3 is 2.38 bits per heavy atom. The van der Waals surface area contributed by atoms with Crippen LogP contribution in [0.25, 0.3) is 0 Å². The molecule has 0 bridgehead atoms. The van der Waals surface area contributed by atoms with E-state index in [1.165, 1.54) is 3.57 Å². The highest BCUT2D eigenvalue weighted by Gasteiger charge is 2.21. The smallest absolute Gasteiger partial charge is 0.0623 e. The van der Waals surface area contributed by atoms with Gasteiger partial charge in [0.2, 0.25) is 0 Å². The normalized spacial score (nSPS) is 13.1. The van der Waals surface area contributed by atoms with Gasteiger partial charge in [0.1, 0.15) is 0 Å². The van der Waals surface area contributed by atoms with E-state index >= 15 is 0 Å². The minimum Gasteiger partial charge on any atom is -0.311 e. The predicted molar refractivity (Wildman–Crippen MR) is 76.5 cm³/mol. The van der Waals surface area contributed by atoms with E-state index in [0.29, 0.717) is 0 Å². The van der Waals surface area contributed by atoms with E-state index in [-0.39, 0.29) is 11.0 Å². The first kappa shape index (κ1) is 14.0. The van der Waals surface area contributed by atoms with Crippen LogP contribution in [0.3, 0.4) is 0 Å². The third-order valence-corrected chi connectivity index (χ3v) is 2.85. The van der Waals surface area contributed by atoms with Crippen LogP contribution in [0.5, 0.6) is 0 Å². The van der Waals surface area contributed by atoms with E-state index in [0.717, 1.165) is 13.1 Å². The van der Waals surface area contributed by atoms with Crippen molar-refractivity contribution in [3.8, 4) is 0 Å². The van der Waals surface area contributed by atoms with Gasteiger partial charge in [-0.3, -0.25) is 4.68 Å². The molecule has 0 fully saturated rings. The van der Waals surface area contributed by atoms with Crippen LogP contribution in [0.15, 0.2) is 12.4 Å². The first-order chi connectivity index (χ1) is 7.18. The zero-order valence-electron chi connectivity index (χ0n) is 10.8. The first-order valence-electron chi connectivity index (χ1n) is 5.61. The first-order valence-corrected chi connectivity index (χ1v) is 6.69. The highest BCUT2D eigenvalue weighted by molar-refractivity contribution is 14.1. The van der Waals surface area contributed by atoms with E-state index in [4.69, 9.17) is 0 Å². The lowest BCUT2D eigenvalue weighted by Gasteiger charge is -2.30. The van der Waals surface area contributed by atoms with Crippen molar-refractivity contribution in [2.24, 2.45) is 5.41 Å². The zero-order chi connectivity index (χ0) is 12.4. The molecule has 0 saturated carbocycles. The van der Waals surface area contributed by atoms with E-state index < -0.39 is 0 Å². The zero-order valence-corrected chi connectivity index (χ0v) is 13.0. The molecule has 0 radical (unpaired) electrons. The topological polar surface area (TPSA) is 29.9 Å². The fourth-order valence-corrected chi connectivity index (χ4v) is 1.87. The van der Waals surface area contributed by atoms with Gasteiger partial charge in [0.15, 0.2) is 0 Å². The average Bonchev–Trinajstić information content (AvgIpc) is 2.46. The number of nitrogens with one attached hydrogen (secondary N) is 1. The van der Waals surface area contributed by atoms with Crippen molar-refractivity contribution in [2.45, 2.75) is 46.7 Å². The summed E-state index contributed by atoms with van der Waals surface area (Å²) in [6.45, 7) is 13.0. The molecule has 0 aromatic carbocycles. The van der Waals surface area contributed by atoms with Crippen LogP contribution >= 0.6 is 22.6 Å². The quantitative estimate of drug-likeness (QED) is 0.858. The van der Waals surface area contributed by atoms with Gasteiger partial charge >= 0.3 is 0 Å². The average molecular weight is 335 g/mol. The molecule has 0 unspecified atom stereocenters. The van der Waals surface area contributed by atoms with Gasteiger partial charge in [-0.25, -0.2) is 0 Å². The van der Waals surface area contributed by atoms with Crippen LogP contribution in [-0.4, -0.2) is 21.9 Å². The highest BCUT2D eigenvalue weighted by atomic mass is 127. The van der Waals surface area contributed by atoms with Gasteiger partial charge in [-0.2, -0.15) is 5.10 Å². The third kappa shape index (κ3) is 5.30. The summed E-state index contributed by atoms with van der Waals surface area (Å²) >= 11 is 2.29. The molecule has 0 aliphatic carbocycles. The summed E-state index contributed by atoms with van der Waals surface area (Å²) in [6.07, 6.45) is 3.98. The second kappa shape index (κ2) is 5.04. The summed E-state index contributed by atoms with van der Waals surface area (Å²) in [7, 11) is 0. The molecule has 1 rings (SSSR count). The third-order valence-electron chi connectivity index (χ3n) is 2.29. The summed E-state index contributed by atoms with van der Waals surface area (Å²) in [4.78, 5) is 0. The second-order valence-electron chi connectivity index (χ2n) is 6.12. The molecule has 3 nitrogen and oxygen atoms in total. The van der Waals surface area contributed by atoms with Crippen molar-refractivity contribution in [3.63, 3.8) is 0 Å². The maximum Gasteiger partial charge on any atom is 0.0623 e. The van der Waals surface area contributed by atoms with Crippen molar-refractivity contribution >= 4 is 22.6 Å². The summed E-state index contributed by atoms with van der Waals surface area (Å²) in [5.41, 5.74) is 0.387. The molecule has 0 saturated heterocycles. The lowest BCUT2D eigenvalue weighted by atomic mass is 9.92. The molecule has 1 heterocycles. The largest absolute Gasteiger partial charge is 0.311 e. The monoisotopic (exact) mass is 335 g/mol. The van der Waals surface area contributed by atoms with Crippen molar-refractivity contribution in [1.29, 1.82) is 0 Å². The van der Waals surface area contributed by atoms with Crippen LogP contribution in [0.1, 0.15) is 34.6 Å². The minimum absolute atomic E-state index is 0.176. The molecule has 0 aliphatic heterocycles. The number of aromatic nitrogens is 2. The molecule has 16 heavy (non-hydrogen) atoms. The Morgan fingerprint density at radius 1 is 1.31 bits per heavy atom. The molecular weight excluding hydrogens is 313 g/mol. The highest BCUT2D eigenvalue weighted by Crippen LogP contribution is 2.18.